The molecule has 0 aliphatic carbocycles. The minimum atomic E-state index is -0.0856. The van der Waals surface area contributed by atoms with E-state index >= 15 is 0 Å². The van der Waals surface area contributed by atoms with E-state index in [-0.39, 0.29) is 17.4 Å². The van der Waals surface area contributed by atoms with Crippen molar-refractivity contribution in [1.82, 2.24) is 19.5 Å². The minimum Gasteiger partial charge on any atom is -0.356 e. The molecule has 1 aromatic carbocycles. The summed E-state index contributed by atoms with van der Waals surface area (Å²) in [6, 6.07) is 8.39. The Bertz CT molecular complexity index is 950. The van der Waals surface area contributed by atoms with Crippen molar-refractivity contribution < 1.29 is 4.79 Å². The van der Waals surface area contributed by atoms with E-state index in [9.17, 15) is 4.79 Å². The number of nitrogens with zero attached hydrogens (tertiary/aromatic N) is 3. The van der Waals surface area contributed by atoms with Crippen LogP contribution >= 0.6 is 11.5 Å². The van der Waals surface area contributed by atoms with Crippen LogP contribution in [0.4, 0.5) is 0 Å². The van der Waals surface area contributed by atoms with Crippen molar-refractivity contribution >= 4 is 28.3 Å². The highest BCUT2D eigenvalue weighted by atomic mass is 32.1. The summed E-state index contributed by atoms with van der Waals surface area (Å²) in [4.78, 5) is 19.4. The smallest absolute Gasteiger partial charge is 0.268 e. The van der Waals surface area contributed by atoms with Gasteiger partial charge in [0.25, 0.3) is 5.91 Å². The molecular weight excluding hydrogens is 332 g/mol. The first-order chi connectivity index (χ1) is 11.9. The van der Waals surface area contributed by atoms with Crippen molar-refractivity contribution in [3.63, 3.8) is 0 Å². The first-order valence-electron chi connectivity index (χ1n) is 8.57. The Kier molecular flexibility index (Phi) is 3.68. The molecule has 1 amide bonds. The zero-order chi connectivity index (χ0) is 17.8. The van der Waals surface area contributed by atoms with Crippen LogP contribution in [0.5, 0.6) is 0 Å². The quantitative estimate of drug-likeness (QED) is 0.715. The van der Waals surface area contributed by atoms with Crippen LogP contribution in [0.15, 0.2) is 24.3 Å². The van der Waals surface area contributed by atoms with Gasteiger partial charge in [-0.2, -0.15) is 0 Å². The molecule has 1 aliphatic heterocycles. The third kappa shape index (κ3) is 2.56. The zero-order valence-electron chi connectivity index (χ0n) is 15.0. The average molecular weight is 354 g/mol. The molecule has 4 rings (SSSR count). The number of hydrogen-bond acceptors (Lipinski definition) is 4. The summed E-state index contributed by atoms with van der Waals surface area (Å²) in [5, 5.41) is 5.28. The predicted octanol–water partition coefficient (Wildman–Crippen LogP) is 4.11. The first-order valence-corrected chi connectivity index (χ1v) is 9.34. The number of rotatable bonds is 1. The van der Waals surface area contributed by atoms with Crippen LogP contribution in [0.2, 0.25) is 0 Å². The van der Waals surface area contributed by atoms with E-state index in [0.29, 0.717) is 17.1 Å². The number of H-pyrrole nitrogens is 1. The minimum absolute atomic E-state index is 0.00218. The molecule has 0 radical (unpaired) electrons. The second-order valence-electron chi connectivity index (χ2n) is 7.77. The number of nitrogens with one attached hydrogen (secondary N) is 1. The van der Waals surface area contributed by atoms with E-state index in [1.54, 1.807) is 0 Å². The van der Waals surface area contributed by atoms with Crippen molar-refractivity contribution in [1.29, 1.82) is 0 Å². The lowest BCUT2D eigenvalue weighted by Crippen LogP contribution is -2.45. The van der Waals surface area contributed by atoms with Gasteiger partial charge in [0.05, 0.1) is 11.7 Å². The molecule has 2 aromatic heterocycles. The monoisotopic (exact) mass is 354 g/mol. The number of aromatic nitrogens is 3. The Morgan fingerprint density at radius 3 is 2.76 bits per heavy atom. The normalized spacial score (nSPS) is 17.8. The van der Waals surface area contributed by atoms with Crippen LogP contribution in [0.1, 0.15) is 53.4 Å². The Hall–Kier alpha value is -2.21. The van der Waals surface area contributed by atoms with E-state index in [4.69, 9.17) is 0 Å². The Labute approximate surface area is 151 Å². The van der Waals surface area contributed by atoms with Gasteiger partial charge in [0.15, 0.2) is 0 Å². The average Bonchev–Trinajstić information content (AvgIpc) is 3.15. The third-order valence-corrected chi connectivity index (χ3v) is 5.78. The number of fused-ring (bicyclic) bond motifs is 3. The maximum absolute atomic E-state index is 13.2. The predicted molar refractivity (Wildman–Crippen MR) is 99.9 cm³/mol. The van der Waals surface area contributed by atoms with E-state index in [1.165, 1.54) is 28.2 Å². The molecule has 6 heteroatoms. The van der Waals surface area contributed by atoms with Gasteiger partial charge in [0, 0.05) is 23.1 Å². The molecule has 130 valence electrons. The fourth-order valence-corrected chi connectivity index (χ4v) is 4.53. The molecule has 0 bridgehead atoms. The van der Waals surface area contributed by atoms with Crippen molar-refractivity contribution in [2.24, 2.45) is 5.41 Å². The largest absolute Gasteiger partial charge is 0.356 e. The molecule has 3 aromatic rings. The Morgan fingerprint density at radius 2 is 2.08 bits per heavy atom. The third-order valence-electron chi connectivity index (χ3n) is 4.96. The number of aromatic amines is 1. The summed E-state index contributed by atoms with van der Waals surface area (Å²) in [5.41, 5.74) is 4.29. The molecular formula is C19H22N4OS. The molecule has 1 N–H and O–H groups in total. The highest BCUT2D eigenvalue weighted by Gasteiger charge is 2.41. The van der Waals surface area contributed by atoms with Crippen LogP contribution in [0.25, 0.3) is 10.9 Å². The molecule has 0 saturated carbocycles. The summed E-state index contributed by atoms with van der Waals surface area (Å²) >= 11 is 1.19. The van der Waals surface area contributed by atoms with Gasteiger partial charge in [-0.25, -0.2) is 0 Å². The lowest BCUT2D eigenvalue weighted by molar-refractivity contribution is 0.0479. The van der Waals surface area contributed by atoms with Crippen molar-refractivity contribution in [3.05, 3.63) is 46.1 Å². The van der Waals surface area contributed by atoms with E-state index in [2.05, 4.69) is 53.5 Å². The Morgan fingerprint density at radius 1 is 1.32 bits per heavy atom. The van der Waals surface area contributed by atoms with Gasteiger partial charge in [0.2, 0.25) is 0 Å². The van der Waals surface area contributed by atoms with Gasteiger partial charge in [-0.1, -0.05) is 43.5 Å². The van der Waals surface area contributed by atoms with Gasteiger partial charge in [0.1, 0.15) is 4.88 Å². The number of carbonyl (C=O) groups is 1. The molecule has 0 spiro atoms. The molecule has 3 heterocycles. The Balaban J connectivity index is 1.85. The zero-order valence-corrected chi connectivity index (χ0v) is 15.8. The maximum Gasteiger partial charge on any atom is 0.268 e. The van der Waals surface area contributed by atoms with Crippen LogP contribution in [0.3, 0.4) is 0 Å². The first kappa shape index (κ1) is 16.3. The summed E-state index contributed by atoms with van der Waals surface area (Å²) in [6.45, 7) is 9.14. The molecule has 1 atom stereocenters. The second-order valence-corrected chi connectivity index (χ2v) is 8.52. The summed E-state index contributed by atoms with van der Waals surface area (Å²) < 4.78 is 3.94. The molecule has 25 heavy (non-hydrogen) atoms. The summed E-state index contributed by atoms with van der Waals surface area (Å²) in [6.07, 6.45) is 0.864. The van der Waals surface area contributed by atoms with Gasteiger partial charge in [-0.3, -0.25) is 4.79 Å². The highest BCUT2D eigenvalue weighted by Crippen LogP contribution is 2.44. The van der Waals surface area contributed by atoms with Crippen LogP contribution in [0, 0.1) is 12.3 Å². The van der Waals surface area contributed by atoms with Gasteiger partial charge in [-0.15, -0.1) is 5.10 Å². The van der Waals surface area contributed by atoms with Gasteiger partial charge >= 0.3 is 0 Å². The van der Waals surface area contributed by atoms with E-state index in [1.807, 2.05) is 17.9 Å². The van der Waals surface area contributed by atoms with Crippen LogP contribution < -0.4 is 0 Å². The SMILES string of the molecule is Cc1nnsc1C(=O)N1CCc2c([nH]c3ccccc23)[C@H]1C(C)(C)C. The lowest BCUT2D eigenvalue weighted by Gasteiger charge is -2.43. The van der Waals surface area contributed by atoms with Crippen LogP contribution in [-0.4, -0.2) is 31.9 Å². The maximum atomic E-state index is 13.2. The summed E-state index contributed by atoms with van der Waals surface area (Å²) in [5.74, 6) is 0.0386. The number of aryl methyl sites for hydroxylation is 1. The van der Waals surface area contributed by atoms with E-state index < -0.39 is 0 Å². The second kappa shape index (κ2) is 5.66. The fraction of sp³-hybridized carbons (Fsp3) is 0.421. The van der Waals surface area contributed by atoms with Crippen molar-refractivity contribution in [2.75, 3.05) is 6.54 Å². The lowest BCUT2D eigenvalue weighted by atomic mass is 9.79. The van der Waals surface area contributed by atoms with E-state index in [0.717, 1.165) is 11.9 Å². The van der Waals surface area contributed by atoms with Crippen molar-refractivity contribution in [2.45, 2.75) is 40.2 Å². The topological polar surface area (TPSA) is 61.9 Å². The molecule has 0 unspecified atom stereocenters. The number of para-hydroxylation sites is 1. The molecule has 1 aliphatic rings. The number of carbonyl (C=O) groups excluding carboxylic acids is 1. The standard InChI is InChI=1S/C19H22N4OS/c1-11-16(25-22-21-11)18(24)23-10-9-13-12-7-5-6-8-14(12)20-15(13)17(23)19(2,3)4/h5-8,17,20H,9-10H2,1-4H3/t17-/m0/s1. The number of benzene rings is 1. The summed E-state index contributed by atoms with van der Waals surface area (Å²) in [7, 11) is 0. The van der Waals surface area contributed by atoms with Crippen LogP contribution in [-0.2, 0) is 6.42 Å². The fourth-order valence-electron chi connectivity index (χ4n) is 3.92. The van der Waals surface area contributed by atoms with Crippen molar-refractivity contribution in [3.8, 4) is 0 Å². The molecule has 5 nitrogen and oxygen atoms in total. The number of amides is 1. The molecule has 0 saturated heterocycles. The molecule has 0 fully saturated rings. The highest BCUT2D eigenvalue weighted by molar-refractivity contribution is 7.07. The van der Waals surface area contributed by atoms with Gasteiger partial charge in [-0.05, 0) is 41.9 Å². The number of hydrogen-bond donors (Lipinski definition) is 1. The van der Waals surface area contributed by atoms with Gasteiger partial charge < -0.3 is 9.88 Å².